The number of aromatic nitrogens is 2. The third-order valence-electron chi connectivity index (χ3n) is 1.76. The van der Waals surface area contributed by atoms with Crippen LogP contribution in [0.1, 0.15) is 47.4 Å². The number of hydrogen-bond acceptors (Lipinski definition) is 5. The average molecular weight is 271 g/mol. The molecule has 0 aromatic carbocycles. The number of rotatable bonds is 2. The van der Waals surface area contributed by atoms with Gasteiger partial charge in [-0.1, -0.05) is 20.8 Å². The molecule has 1 heterocycles. The summed E-state index contributed by atoms with van der Waals surface area (Å²) in [5.41, 5.74) is -0.382. The first-order valence-corrected chi connectivity index (χ1v) is 6.65. The van der Waals surface area contributed by atoms with Crippen LogP contribution in [0.4, 0.5) is 9.93 Å². The van der Waals surface area contributed by atoms with Crippen LogP contribution in [-0.2, 0) is 11.2 Å². The van der Waals surface area contributed by atoms with Crippen molar-refractivity contribution in [2.45, 2.75) is 53.6 Å². The molecule has 1 N–H and O–H groups in total. The van der Waals surface area contributed by atoms with Crippen molar-refractivity contribution in [3.63, 3.8) is 0 Å². The maximum absolute atomic E-state index is 11.5. The molecule has 0 aliphatic carbocycles. The van der Waals surface area contributed by atoms with E-state index in [1.165, 1.54) is 11.5 Å². The smallest absolute Gasteiger partial charge is 0.414 e. The van der Waals surface area contributed by atoms with Gasteiger partial charge in [-0.15, -0.1) is 0 Å². The number of nitrogens with zero attached hydrogens (tertiary/aromatic N) is 2. The highest BCUT2D eigenvalue weighted by Crippen LogP contribution is 2.21. The van der Waals surface area contributed by atoms with E-state index in [2.05, 4.69) is 35.4 Å². The molecule has 5 nitrogen and oxygen atoms in total. The number of hydrogen-bond donors (Lipinski definition) is 1. The van der Waals surface area contributed by atoms with Crippen LogP contribution in [0.2, 0.25) is 0 Å². The van der Waals surface area contributed by atoms with E-state index in [1.54, 1.807) is 0 Å². The number of carbonyl (C=O) groups is 1. The van der Waals surface area contributed by atoms with E-state index in [1.807, 2.05) is 20.8 Å². The number of carbonyl (C=O) groups excluding carboxylic acids is 1. The van der Waals surface area contributed by atoms with Crippen LogP contribution in [0.25, 0.3) is 0 Å². The molecule has 1 amide bonds. The number of nitrogens with one attached hydrogen (secondary N) is 1. The van der Waals surface area contributed by atoms with E-state index in [9.17, 15) is 4.79 Å². The minimum absolute atomic E-state index is 0.129. The predicted octanol–water partition coefficient (Wildman–Crippen LogP) is 3.47. The molecule has 1 rings (SSSR count). The van der Waals surface area contributed by atoms with Gasteiger partial charge in [0.05, 0.1) is 0 Å². The molecule has 0 fully saturated rings. The summed E-state index contributed by atoms with van der Waals surface area (Å²) >= 11 is 1.17. The van der Waals surface area contributed by atoms with Crippen molar-refractivity contribution in [3.8, 4) is 0 Å². The lowest BCUT2D eigenvalue weighted by Crippen LogP contribution is -2.27. The van der Waals surface area contributed by atoms with Gasteiger partial charge in [0, 0.05) is 18.0 Å². The van der Waals surface area contributed by atoms with Gasteiger partial charge in [0.15, 0.2) is 0 Å². The Hall–Kier alpha value is -1.17. The van der Waals surface area contributed by atoms with Gasteiger partial charge < -0.3 is 4.74 Å². The zero-order chi connectivity index (χ0) is 14.0. The zero-order valence-corrected chi connectivity index (χ0v) is 12.6. The van der Waals surface area contributed by atoms with E-state index in [0.717, 1.165) is 12.2 Å². The summed E-state index contributed by atoms with van der Waals surface area (Å²) in [6.07, 6.45) is 0.278. The Balaban J connectivity index is 2.57. The summed E-state index contributed by atoms with van der Waals surface area (Å²) in [5, 5.41) is 3.06. The Morgan fingerprint density at radius 3 is 2.39 bits per heavy atom. The number of anilines is 1. The third-order valence-corrected chi connectivity index (χ3v) is 2.43. The standard InChI is InChI=1S/C12H21N3O2S/c1-11(2,3)7-8-13-9(18-15-8)14-10(16)17-12(4,5)6/h7H2,1-6H3,(H,13,14,15,16). The lowest BCUT2D eigenvalue weighted by Gasteiger charge is -2.18. The topological polar surface area (TPSA) is 64.1 Å². The Kier molecular flexibility index (Phi) is 4.32. The first-order valence-electron chi connectivity index (χ1n) is 5.88. The first kappa shape index (κ1) is 14.9. The summed E-state index contributed by atoms with van der Waals surface area (Å²) in [5.74, 6) is 0.749. The van der Waals surface area contributed by atoms with Crippen LogP contribution in [0.5, 0.6) is 0 Å². The predicted molar refractivity (Wildman–Crippen MR) is 72.9 cm³/mol. The fourth-order valence-electron chi connectivity index (χ4n) is 1.24. The molecule has 0 aliphatic rings. The van der Waals surface area contributed by atoms with Gasteiger partial charge in [-0.2, -0.15) is 4.37 Å². The van der Waals surface area contributed by atoms with E-state index in [0.29, 0.717) is 5.13 Å². The molecule has 102 valence electrons. The molecule has 1 aromatic rings. The van der Waals surface area contributed by atoms with Crippen LogP contribution in [0, 0.1) is 5.41 Å². The van der Waals surface area contributed by atoms with Crippen LogP contribution in [-0.4, -0.2) is 21.1 Å². The molecule has 0 radical (unpaired) electrons. The second-order valence-corrected chi connectivity index (χ2v) is 7.13. The maximum atomic E-state index is 11.5. The van der Waals surface area contributed by atoms with E-state index < -0.39 is 11.7 Å². The minimum Gasteiger partial charge on any atom is -0.444 e. The minimum atomic E-state index is -0.511. The van der Waals surface area contributed by atoms with Crippen molar-refractivity contribution < 1.29 is 9.53 Å². The molecule has 0 unspecified atom stereocenters. The monoisotopic (exact) mass is 271 g/mol. The van der Waals surface area contributed by atoms with Crippen molar-refractivity contribution >= 4 is 22.8 Å². The Labute approximate surface area is 112 Å². The Morgan fingerprint density at radius 1 is 1.28 bits per heavy atom. The van der Waals surface area contributed by atoms with Gasteiger partial charge in [0.25, 0.3) is 0 Å². The normalized spacial score (nSPS) is 12.3. The van der Waals surface area contributed by atoms with Crippen LogP contribution in [0.15, 0.2) is 0 Å². The van der Waals surface area contributed by atoms with Crippen molar-refractivity contribution in [2.75, 3.05) is 5.32 Å². The lowest BCUT2D eigenvalue weighted by molar-refractivity contribution is 0.0636. The zero-order valence-electron chi connectivity index (χ0n) is 11.8. The molecule has 1 aromatic heterocycles. The molecular weight excluding hydrogens is 250 g/mol. The Bertz CT molecular complexity index is 416. The van der Waals surface area contributed by atoms with Gasteiger partial charge in [0.2, 0.25) is 5.13 Å². The number of ether oxygens (including phenoxy) is 1. The van der Waals surface area contributed by atoms with Crippen LogP contribution < -0.4 is 5.32 Å². The third kappa shape index (κ3) is 5.95. The van der Waals surface area contributed by atoms with E-state index in [-0.39, 0.29) is 5.41 Å². The highest BCUT2D eigenvalue weighted by molar-refractivity contribution is 7.09. The summed E-state index contributed by atoms with van der Waals surface area (Å²) in [6, 6.07) is 0. The van der Waals surface area contributed by atoms with Gasteiger partial charge in [-0.3, -0.25) is 5.32 Å². The van der Waals surface area contributed by atoms with Crippen molar-refractivity contribution in [3.05, 3.63) is 5.82 Å². The molecule has 18 heavy (non-hydrogen) atoms. The molecule has 6 heteroatoms. The van der Waals surface area contributed by atoms with Crippen molar-refractivity contribution in [2.24, 2.45) is 5.41 Å². The summed E-state index contributed by atoms with van der Waals surface area (Å²) < 4.78 is 9.35. The summed E-state index contributed by atoms with van der Waals surface area (Å²) in [4.78, 5) is 15.8. The first-order chi connectivity index (χ1) is 8.05. The quantitative estimate of drug-likeness (QED) is 0.894. The van der Waals surface area contributed by atoms with Gasteiger partial charge in [-0.05, 0) is 26.2 Å². The van der Waals surface area contributed by atoms with Crippen molar-refractivity contribution in [1.82, 2.24) is 9.36 Å². The van der Waals surface area contributed by atoms with Gasteiger partial charge in [-0.25, -0.2) is 9.78 Å². The summed E-state index contributed by atoms with van der Waals surface area (Å²) in [7, 11) is 0. The van der Waals surface area contributed by atoms with Crippen LogP contribution in [0.3, 0.4) is 0 Å². The van der Waals surface area contributed by atoms with Gasteiger partial charge in [0.1, 0.15) is 11.4 Å². The molecule has 0 bridgehead atoms. The number of amides is 1. The second-order valence-electron chi connectivity index (χ2n) is 6.38. The molecule has 0 aliphatic heterocycles. The fraction of sp³-hybridized carbons (Fsp3) is 0.750. The van der Waals surface area contributed by atoms with Gasteiger partial charge >= 0.3 is 6.09 Å². The molecule has 0 atom stereocenters. The fourth-order valence-corrected chi connectivity index (χ4v) is 1.81. The second kappa shape index (κ2) is 5.22. The average Bonchev–Trinajstić information content (AvgIpc) is 2.44. The Morgan fingerprint density at radius 2 is 1.89 bits per heavy atom. The van der Waals surface area contributed by atoms with E-state index in [4.69, 9.17) is 4.74 Å². The molecule has 0 saturated carbocycles. The SMILES string of the molecule is CC(C)(C)Cc1nsc(NC(=O)OC(C)(C)C)n1. The van der Waals surface area contributed by atoms with Crippen molar-refractivity contribution in [1.29, 1.82) is 0 Å². The highest BCUT2D eigenvalue weighted by atomic mass is 32.1. The molecule has 0 saturated heterocycles. The summed E-state index contributed by atoms with van der Waals surface area (Å²) in [6.45, 7) is 11.8. The molecular formula is C12H21N3O2S. The lowest BCUT2D eigenvalue weighted by atomic mass is 9.92. The van der Waals surface area contributed by atoms with E-state index >= 15 is 0 Å². The maximum Gasteiger partial charge on any atom is 0.414 e. The largest absolute Gasteiger partial charge is 0.444 e. The molecule has 0 spiro atoms. The van der Waals surface area contributed by atoms with Crippen LogP contribution >= 0.6 is 11.5 Å². The highest BCUT2D eigenvalue weighted by Gasteiger charge is 2.19.